The van der Waals surface area contributed by atoms with Gasteiger partial charge in [0, 0.05) is 0 Å². The van der Waals surface area contributed by atoms with E-state index in [1.807, 2.05) is 0 Å². The minimum atomic E-state index is -3.75. The number of fused-ring (bicyclic) bond motifs is 1. The second-order valence-electron chi connectivity index (χ2n) is 4.95. The van der Waals surface area contributed by atoms with Crippen LogP contribution in [-0.4, -0.2) is 25.7 Å². The number of aromatic nitrogens is 2. The van der Waals surface area contributed by atoms with Crippen LogP contribution in [0.5, 0.6) is 5.75 Å². The highest BCUT2D eigenvalue weighted by Crippen LogP contribution is 2.25. The zero-order valence-electron chi connectivity index (χ0n) is 12.2. The molecule has 0 aliphatic carbocycles. The van der Waals surface area contributed by atoms with Gasteiger partial charge in [0.2, 0.25) is 10.0 Å². The Hall–Kier alpha value is -2.61. The Kier molecular flexibility index (Phi) is 3.91. The number of hydrogen-bond acceptors (Lipinski definition) is 4. The molecule has 0 fully saturated rings. The Morgan fingerprint density at radius 3 is 2.83 bits per heavy atom. The summed E-state index contributed by atoms with van der Waals surface area (Å²) in [6, 6.07) is 11.1. The fourth-order valence-corrected chi connectivity index (χ4v) is 3.40. The van der Waals surface area contributed by atoms with E-state index in [4.69, 9.17) is 4.74 Å². The van der Waals surface area contributed by atoms with E-state index in [1.54, 1.807) is 30.3 Å². The van der Waals surface area contributed by atoms with Gasteiger partial charge in [-0.1, -0.05) is 18.2 Å². The number of anilines is 1. The largest absolute Gasteiger partial charge is 0.497 e. The van der Waals surface area contributed by atoms with E-state index >= 15 is 0 Å². The third-order valence-electron chi connectivity index (χ3n) is 3.28. The van der Waals surface area contributed by atoms with Crippen molar-refractivity contribution < 1.29 is 17.5 Å². The number of rotatable bonds is 5. The van der Waals surface area contributed by atoms with Gasteiger partial charge in [0.25, 0.3) is 0 Å². The molecule has 3 rings (SSSR count). The van der Waals surface area contributed by atoms with Crippen LogP contribution in [0.4, 0.5) is 10.2 Å². The maximum absolute atomic E-state index is 13.9. The van der Waals surface area contributed by atoms with Gasteiger partial charge in [-0.05, 0) is 29.8 Å². The summed E-state index contributed by atoms with van der Waals surface area (Å²) in [6.45, 7) is 0. The summed E-state index contributed by atoms with van der Waals surface area (Å²) in [5, 5.41) is 6.55. The first-order valence-corrected chi connectivity index (χ1v) is 8.40. The third kappa shape index (κ3) is 3.26. The number of ether oxygens (including phenoxy) is 1. The zero-order chi connectivity index (χ0) is 16.4. The summed E-state index contributed by atoms with van der Waals surface area (Å²) < 4.78 is 45.8. The Morgan fingerprint density at radius 2 is 2.04 bits per heavy atom. The molecule has 0 radical (unpaired) electrons. The normalized spacial score (nSPS) is 11.6. The van der Waals surface area contributed by atoms with Gasteiger partial charge >= 0.3 is 0 Å². The molecule has 120 valence electrons. The molecule has 23 heavy (non-hydrogen) atoms. The fraction of sp³-hybridized carbons (Fsp3) is 0.133. The number of H-pyrrole nitrogens is 1. The molecule has 2 aromatic carbocycles. The first-order chi connectivity index (χ1) is 11.0. The monoisotopic (exact) mass is 335 g/mol. The predicted molar refractivity (Wildman–Crippen MR) is 85.3 cm³/mol. The number of methoxy groups -OCH3 is 1. The van der Waals surface area contributed by atoms with Crippen molar-refractivity contribution >= 4 is 26.7 Å². The maximum atomic E-state index is 13.9. The van der Waals surface area contributed by atoms with Crippen LogP contribution in [0, 0.1) is 5.82 Å². The van der Waals surface area contributed by atoms with Gasteiger partial charge in [0.05, 0.1) is 23.8 Å². The highest BCUT2D eigenvalue weighted by atomic mass is 32.2. The molecule has 8 heteroatoms. The van der Waals surface area contributed by atoms with Gasteiger partial charge in [-0.15, -0.1) is 0 Å². The number of halogens is 1. The molecule has 0 spiro atoms. The SMILES string of the molecule is COc1cccc(CS(=O)(=O)Nc2n[nH]c3cccc(F)c23)c1. The average Bonchev–Trinajstić information content (AvgIpc) is 2.90. The van der Waals surface area contributed by atoms with Crippen molar-refractivity contribution in [2.45, 2.75) is 5.75 Å². The molecule has 0 unspecified atom stereocenters. The van der Waals surface area contributed by atoms with E-state index in [1.165, 1.54) is 19.2 Å². The Bertz CT molecular complexity index is 954. The van der Waals surface area contributed by atoms with Crippen LogP contribution < -0.4 is 9.46 Å². The average molecular weight is 335 g/mol. The lowest BCUT2D eigenvalue weighted by molar-refractivity contribution is 0.414. The summed E-state index contributed by atoms with van der Waals surface area (Å²) in [6.07, 6.45) is 0. The van der Waals surface area contributed by atoms with Crippen LogP contribution in [0.1, 0.15) is 5.56 Å². The molecule has 0 aliphatic heterocycles. The molecule has 1 aromatic heterocycles. The van der Waals surface area contributed by atoms with Gasteiger partial charge in [0.15, 0.2) is 5.82 Å². The third-order valence-corrected chi connectivity index (χ3v) is 4.50. The van der Waals surface area contributed by atoms with Crippen molar-refractivity contribution in [3.8, 4) is 5.75 Å². The van der Waals surface area contributed by atoms with Crippen LogP contribution >= 0.6 is 0 Å². The lowest BCUT2D eigenvalue weighted by atomic mass is 10.2. The number of sulfonamides is 1. The quantitative estimate of drug-likeness (QED) is 0.751. The van der Waals surface area contributed by atoms with Gasteiger partial charge in [0.1, 0.15) is 11.6 Å². The van der Waals surface area contributed by atoms with Crippen LogP contribution in [0.3, 0.4) is 0 Å². The zero-order valence-corrected chi connectivity index (χ0v) is 13.0. The molecule has 0 saturated carbocycles. The Balaban J connectivity index is 1.88. The van der Waals surface area contributed by atoms with Crippen LogP contribution in [0.15, 0.2) is 42.5 Å². The topological polar surface area (TPSA) is 84.1 Å². The molecule has 2 N–H and O–H groups in total. The molecule has 1 heterocycles. The molecule has 0 saturated heterocycles. The van der Waals surface area contributed by atoms with Gasteiger partial charge in [-0.2, -0.15) is 5.10 Å². The van der Waals surface area contributed by atoms with E-state index in [0.717, 1.165) is 0 Å². The van der Waals surface area contributed by atoms with Crippen LogP contribution in [0.2, 0.25) is 0 Å². The van der Waals surface area contributed by atoms with E-state index in [9.17, 15) is 12.8 Å². The summed E-state index contributed by atoms with van der Waals surface area (Å²) in [4.78, 5) is 0. The van der Waals surface area contributed by atoms with Gasteiger partial charge in [-0.25, -0.2) is 12.8 Å². The second-order valence-corrected chi connectivity index (χ2v) is 6.67. The van der Waals surface area contributed by atoms with Crippen molar-refractivity contribution in [2.24, 2.45) is 0 Å². The summed E-state index contributed by atoms with van der Waals surface area (Å²) in [7, 11) is -2.24. The van der Waals surface area contributed by atoms with Crippen molar-refractivity contribution in [3.05, 3.63) is 53.8 Å². The Labute approximate surface area is 132 Å². The van der Waals surface area contributed by atoms with Crippen LogP contribution in [0.25, 0.3) is 10.9 Å². The number of nitrogens with one attached hydrogen (secondary N) is 2. The summed E-state index contributed by atoms with van der Waals surface area (Å²) >= 11 is 0. The van der Waals surface area contributed by atoms with Gasteiger partial charge < -0.3 is 4.74 Å². The molecule has 0 atom stereocenters. The van der Waals surface area contributed by atoms with E-state index in [0.29, 0.717) is 16.8 Å². The molecular formula is C15H14FN3O3S. The lowest BCUT2D eigenvalue weighted by Crippen LogP contribution is -2.15. The Morgan fingerprint density at radius 1 is 1.26 bits per heavy atom. The highest BCUT2D eigenvalue weighted by molar-refractivity contribution is 7.91. The molecule has 0 amide bonds. The van der Waals surface area contributed by atoms with E-state index < -0.39 is 15.8 Å². The number of nitrogens with zero attached hydrogens (tertiary/aromatic N) is 1. The van der Waals surface area contributed by atoms with Crippen molar-refractivity contribution in [3.63, 3.8) is 0 Å². The van der Waals surface area contributed by atoms with E-state index in [-0.39, 0.29) is 17.0 Å². The second kappa shape index (κ2) is 5.88. The van der Waals surface area contributed by atoms with Crippen LogP contribution in [-0.2, 0) is 15.8 Å². The predicted octanol–water partition coefficient (Wildman–Crippen LogP) is 2.65. The molecule has 0 aliphatic rings. The number of hydrogen-bond donors (Lipinski definition) is 2. The molecular weight excluding hydrogens is 321 g/mol. The minimum absolute atomic E-state index is 0.0546. The number of benzene rings is 2. The standard InChI is InChI=1S/C15H14FN3O3S/c1-22-11-5-2-4-10(8-11)9-23(20,21)19-15-14-12(16)6-3-7-13(14)17-18-15/h2-8H,9H2,1H3,(H2,17,18,19). The fourth-order valence-electron chi connectivity index (χ4n) is 2.27. The van der Waals surface area contributed by atoms with Crippen molar-refractivity contribution in [1.29, 1.82) is 0 Å². The molecule has 0 bridgehead atoms. The molecule has 6 nitrogen and oxygen atoms in total. The smallest absolute Gasteiger partial charge is 0.238 e. The van der Waals surface area contributed by atoms with Gasteiger partial charge in [-0.3, -0.25) is 9.82 Å². The molecule has 3 aromatic rings. The van der Waals surface area contributed by atoms with Crippen molar-refractivity contribution in [2.75, 3.05) is 11.8 Å². The number of aromatic amines is 1. The summed E-state index contributed by atoms with van der Waals surface area (Å²) in [5.41, 5.74) is 0.973. The lowest BCUT2D eigenvalue weighted by Gasteiger charge is -2.07. The maximum Gasteiger partial charge on any atom is 0.238 e. The van der Waals surface area contributed by atoms with Crippen molar-refractivity contribution in [1.82, 2.24) is 10.2 Å². The van der Waals surface area contributed by atoms with E-state index in [2.05, 4.69) is 14.9 Å². The summed E-state index contributed by atoms with van der Waals surface area (Å²) in [5.74, 6) is -0.308. The highest BCUT2D eigenvalue weighted by Gasteiger charge is 2.18. The first-order valence-electron chi connectivity index (χ1n) is 6.74. The minimum Gasteiger partial charge on any atom is -0.497 e. The first kappa shape index (κ1) is 15.3.